The third-order valence-corrected chi connectivity index (χ3v) is 5.85. The Morgan fingerprint density at radius 1 is 1.00 bits per heavy atom. The lowest BCUT2D eigenvalue weighted by atomic mass is 9.95. The average Bonchev–Trinajstić information content (AvgIpc) is 3.16. The van der Waals surface area contributed by atoms with Crippen LogP contribution in [0.25, 0.3) is 0 Å². The maximum absolute atomic E-state index is 13.2. The monoisotopic (exact) mass is 368 g/mol. The molecular weight excluding hydrogens is 346 g/mol. The zero-order chi connectivity index (χ0) is 17.8. The van der Waals surface area contributed by atoms with Gasteiger partial charge in [0.2, 0.25) is 11.8 Å². The predicted molar refractivity (Wildman–Crippen MR) is 92.2 cm³/mol. The molecule has 0 unspecified atom stereocenters. The van der Waals surface area contributed by atoms with Crippen molar-refractivity contribution >= 4 is 23.6 Å². The van der Waals surface area contributed by atoms with E-state index in [1.165, 1.54) is 17.8 Å². The molecule has 0 saturated carbocycles. The summed E-state index contributed by atoms with van der Waals surface area (Å²) in [4.78, 5) is 28.9. The molecule has 0 spiro atoms. The molecular formula is C18H22F2N2O2S. The minimum atomic E-state index is -0.904. The van der Waals surface area contributed by atoms with Gasteiger partial charge in [-0.2, -0.15) is 0 Å². The first kappa shape index (κ1) is 18.2. The molecule has 2 heterocycles. The van der Waals surface area contributed by atoms with Crippen LogP contribution in [0.3, 0.4) is 0 Å². The summed E-state index contributed by atoms with van der Waals surface area (Å²) in [6.07, 6.45) is 3.59. The Morgan fingerprint density at radius 3 is 2.32 bits per heavy atom. The van der Waals surface area contributed by atoms with Gasteiger partial charge in [-0.15, -0.1) is 11.8 Å². The Kier molecular flexibility index (Phi) is 5.93. The van der Waals surface area contributed by atoms with Crippen LogP contribution in [0.2, 0.25) is 0 Å². The SMILES string of the molecule is O=C(CSc1ccc(F)c(F)c1)N1CCC(C(=O)N2CCCC2)CC1. The number of carbonyl (C=O) groups is 2. The maximum atomic E-state index is 13.2. The van der Waals surface area contributed by atoms with E-state index < -0.39 is 11.6 Å². The molecule has 0 aliphatic carbocycles. The summed E-state index contributed by atoms with van der Waals surface area (Å²) < 4.78 is 26.1. The molecule has 2 amide bonds. The fourth-order valence-corrected chi connectivity index (χ4v) is 4.20. The normalized spacial score (nSPS) is 18.6. The summed E-state index contributed by atoms with van der Waals surface area (Å²) in [5.74, 6) is -1.36. The molecule has 7 heteroatoms. The molecule has 4 nitrogen and oxygen atoms in total. The fraction of sp³-hybridized carbons (Fsp3) is 0.556. The van der Waals surface area contributed by atoms with E-state index in [4.69, 9.17) is 0 Å². The molecule has 0 radical (unpaired) electrons. The Hall–Kier alpha value is -1.63. The van der Waals surface area contributed by atoms with Crippen LogP contribution in [0.5, 0.6) is 0 Å². The standard InChI is InChI=1S/C18H22F2N2O2S/c19-15-4-3-14(11-16(15)20)25-12-17(23)21-9-5-13(6-10-21)18(24)22-7-1-2-8-22/h3-4,11,13H,1-2,5-10,12H2. The van der Waals surface area contributed by atoms with Crippen LogP contribution in [-0.4, -0.2) is 53.5 Å². The Morgan fingerprint density at radius 2 is 1.68 bits per heavy atom. The second-order valence-corrected chi connectivity index (χ2v) is 7.60. The van der Waals surface area contributed by atoms with Gasteiger partial charge in [0.15, 0.2) is 11.6 Å². The van der Waals surface area contributed by atoms with Gasteiger partial charge in [0, 0.05) is 37.0 Å². The van der Waals surface area contributed by atoms with Crippen molar-refractivity contribution in [1.29, 1.82) is 0 Å². The van der Waals surface area contributed by atoms with Gasteiger partial charge >= 0.3 is 0 Å². The minimum absolute atomic E-state index is 0.0261. The van der Waals surface area contributed by atoms with Gasteiger partial charge in [0.05, 0.1) is 5.75 Å². The van der Waals surface area contributed by atoms with Crippen LogP contribution in [0.1, 0.15) is 25.7 Å². The largest absolute Gasteiger partial charge is 0.342 e. The number of halogens is 2. The van der Waals surface area contributed by atoms with Crippen molar-refractivity contribution in [2.75, 3.05) is 31.9 Å². The first-order valence-electron chi connectivity index (χ1n) is 8.69. The van der Waals surface area contributed by atoms with Crippen molar-refractivity contribution < 1.29 is 18.4 Å². The summed E-state index contributed by atoms with van der Waals surface area (Å²) in [7, 11) is 0. The van der Waals surface area contributed by atoms with Gasteiger partial charge in [-0.1, -0.05) is 0 Å². The molecule has 2 fully saturated rings. The average molecular weight is 368 g/mol. The summed E-state index contributed by atoms with van der Waals surface area (Å²) >= 11 is 1.20. The van der Waals surface area contributed by atoms with Crippen LogP contribution in [0.4, 0.5) is 8.78 Å². The predicted octanol–water partition coefficient (Wildman–Crippen LogP) is 2.92. The van der Waals surface area contributed by atoms with Crippen molar-refractivity contribution in [1.82, 2.24) is 9.80 Å². The maximum Gasteiger partial charge on any atom is 0.232 e. The quantitative estimate of drug-likeness (QED) is 0.768. The number of benzene rings is 1. The molecule has 2 saturated heterocycles. The highest BCUT2D eigenvalue weighted by Gasteiger charge is 2.31. The third kappa shape index (κ3) is 4.51. The summed E-state index contributed by atoms with van der Waals surface area (Å²) in [6, 6.07) is 3.64. The van der Waals surface area contributed by atoms with Gasteiger partial charge < -0.3 is 9.80 Å². The smallest absolute Gasteiger partial charge is 0.232 e. The van der Waals surface area contributed by atoms with Crippen molar-refractivity contribution in [3.8, 4) is 0 Å². The zero-order valence-electron chi connectivity index (χ0n) is 14.0. The second kappa shape index (κ2) is 8.17. The minimum Gasteiger partial charge on any atom is -0.342 e. The topological polar surface area (TPSA) is 40.6 Å². The number of rotatable bonds is 4. The molecule has 136 valence electrons. The van der Waals surface area contributed by atoms with E-state index in [9.17, 15) is 18.4 Å². The first-order valence-corrected chi connectivity index (χ1v) is 9.67. The number of carbonyl (C=O) groups excluding carboxylic acids is 2. The van der Waals surface area contributed by atoms with Crippen LogP contribution in [0.15, 0.2) is 23.1 Å². The van der Waals surface area contributed by atoms with E-state index in [-0.39, 0.29) is 23.5 Å². The first-order chi connectivity index (χ1) is 12.0. The molecule has 1 aromatic carbocycles. The van der Waals surface area contributed by atoms with Crippen LogP contribution >= 0.6 is 11.8 Å². The van der Waals surface area contributed by atoms with E-state index >= 15 is 0 Å². The molecule has 0 aromatic heterocycles. The lowest BCUT2D eigenvalue weighted by Gasteiger charge is -2.33. The van der Waals surface area contributed by atoms with Gasteiger partial charge in [-0.25, -0.2) is 8.78 Å². The number of hydrogen-bond donors (Lipinski definition) is 0. The van der Waals surface area contributed by atoms with Crippen molar-refractivity contribution in [2.45, 2.75) is 30.6 Å². The molecule has 3 rings (SSSR count). The number of nitrogens with zero attached hydrogens (tertiary/aromatic N) is 2. The molecule has 0 N–H and O–H groups in total. The summed E-state index contributed by atoms with van der Waals surface area (Å²) in [5, 5.41) is 0. The molecule has 2 aliphatic rings. The van der Waals surface area contributed by atoms with Gasteiger partial charge in [-0.3, -0.25) is 9.59 Å². The Labute approximate surface area is 150 Å². The van der Waals surface area contributed by atoms with E-state index in [1.807, 2.05) is 4.90 Å². The van der Waals surface area contributed by atoms with E-state index in [0.717, 1.165) is 38.1 Å². The Bertz CT molecular complexity index is 642. The van der Waals surface area contributed by atoms with Crippen LogP contribution < -0.4 is 0 Å². The summed E-state index contributed by atoms with van der Waals surface area (Å²) in [5.41, 5.74) is 0. The fourth-order valence-electron chi connectivity index (χ4n) is 3.37. The third-order valence-electron chi connectivity index (χ3n) is 4.87. The van der Waals surface area contributed by atoms with Crippen molar-refractivity contribution in [3.05, 3.63) is 29.8 Å². The number of hydrogen-bond acceptors (Lipinski definition) is 3. The van der Waals surface area contributed by atoms with Gasteiger partial charge in [0.25, 0.3) is 0 Å². The molecule has 0 bridgehead atoms. The summed E-state index contributed by atoms with van der Waals surface area (Å²) in [6.45, 7) is 2.90. The van der Waals surface area contributed by atoms with Crippen molar-refractivity contribution in [2.24, 2.45) is 5.92 Å². The van der Waals surface area contributed by atoms with Gasteiger partial charge in [-0.05, 0) is 43.9 Å². The number of likely N-dealkylation sites (tertiary alicyclic amines) is 2. The molecule has 1 aromatic rings. The Balaban J connectivity index is 1.44. The second-order valence-electron chi connectivity index (χ2n) is 6.55. The number of thioether (sulfide) groups is 1. The highest BCUT2D eigenvalue weighted by Crippen LogP contribution is 2.24. The van der Waals surface area contributed by atoms with Crippen LogP contribution in [0, 0.1) is 17.6 Å². The van der Waals surface area contributed by atoms with Crippen LogP contribution in [-0.2, 0) is 9.59 Å². The zero-order valence-corrected chi connectivity index (χ0v) is 14.9. The lowest BCUT2D eigenvalue weighted by molar-refractivity contribution is -0.139. The molecule has 2 aliphatic heterocycles. The van der Waals surface area contributed by atoms with E-state index in [0.29, 0.717) is 30.8 Å². The van der Waals surface area contributed by atoms with Gasteiger partial charge in [0.1, 0.15) is 0 Å². The highest BCUT2D eigenvalue weighted by molar-refractivity contribution is 8.00. The lowest BCUT2D eigenvalue weighted by Crippen LogP contribution is -2.44. The van der Waals surface area contributed by atoms with Crippen molar-refractivity contribution in [3.63, 3.8) is 0 Å². The van der Waals surface area contributed by atoms with E-state index in [2.05, 4.69) is 0 Å². The molecule has 0 atom stereocenters. The highest BCUT2D eigenvalue weighted by atomic mass is 32.2. The number of amides is 2. The van der Waals surface area contributed by atoms with E-state index in [1.54, 1.807) is 4.90 Å². The number of piperidine rings is 1. The molecule has 25 heavy (non-hydrogen) atoms.